The third kappa shape index (κ3) is 2.01. The molecule has 0 heterocycles. The van der Waals surface area contributed by atoms with Crippen LogP contribution in [-0.4, -0.2) is 11.7 Å². The van der Waals surface area contributed by atoms with Crippen LogP contribution in [0.5, 0.6) is 0 Å². The van der Waals surface area contributed by atoms with Gasteiger partial charge in [-0.05, 0) is 36.8 Å². The molecular weight excluding hydrogens is 215 g/mol. The fraction of sp³-hybridized carbons (Fsp3) is 0.500. The fourth-order valence-corrected chi connectivity index (χ4v) is 2.37. The first kappa shape index (κ1) is 10.9. The van der Waals surface area contributed by atoms with Crippen LogP contribution in [0.3, 0.4) is 0 Å². The Labute approximate surface area is 93.9 Å². The average Bonchev–Trinajstić information content (AvgIpc) is 2.15. The lowest BCUT2D eigenvalue weighted by Crippen LogP contribution is -2.35. The number of halogens is 2. The van der Waals surface area contributed by atoms with Crippen molar-refractivity contribution in [2.24, 2.45) is 5.41 Å². The molecule has 0 bridgehead atoms. The highest BCUT2D eigenvalue weighted by atomic mass is 35.5. The van der Waals surface area contributed by atoms with E-state index >= 15 is 0 Å². The molecule has 1 aromatic carbocycles. The highest BCUT2D eigenvalue weighted by molar-refractivity contribution is 6.31. The van der Waals surface area contributed by atoms with Gasteiger partial charge in [0.2, 0.25) is 0 Å². The van der Waals surface area contributed by atoms with Crippen LogP contribution in [0.4, 0.5) is 4.39 Å². The Morgan fingerprint density at radius 2 is 2.13 bits per heavy atom. The monoisotopic (exact) mass is 228 g/mol. The smallest absolute Gasteiger partial charge is 0.127 e. The molecule has 0 radical (unpaired) electrons. The van der Waals surface area contributed by atoms with Crippen molar-refractivity contribution < 1.29 is 9.50 Å². The Balaban J connectivity index is 2.23. The van der Waals surface area contributed by atoms with E-state index in [2.05, 4.69) is 0 Å². The molecule has 0 amide bonds. The van der Waals surface area contributed by atoms with E-state index in [1.807, 2.05) is 0 Å². The van der Waals surface area contributed by atoms with Crippen molar-refractivity contribution in [3.05, 3.63) is 34.6 Å². The van der Waals surface area contributed by atoms with E-state index in [1.54, 1.807) is 12.1 Å². The molecule has 1 aromatic rings. The van der Waals surface area contributed by atoms with Gasteiger partial charge in [0.1, 0.15) is 5.82 Å². The minimum Gasteiger partial charge on any atom is -0.396 e. The van der Waals surface area contributed by atoms with Gasteiger partial charge in [-0.25, -0.2) is 4.39 Å². The first-order chi connectivity index (χ1) is 7.17. The minimum atomic E-state index is -0.262. The van der Waals surface area contributed by atoms with Crippen molar-refractivity contribution in [3.63, 3.8) is 0 Å². The van der Waals surface area contributed by atoms with Crippen molar-refractivity contribution in [2.45, 2.75) is 25.7 Å². The molecule has 1 nitrogen and oxygen atoms in total. The van der Waals surface area contributed by atoms with E-state index in [1.165, 1.54) is 6.07 Å². The molecule has 1 saturated carbocycles. The average molecular weight is 229 g/mol. The van der Waals surface area contributed by atoms with Gasteiger partial charge < -0.3 is 5.11 Å². The molecule has 1 fully saturated rings. The maximum atomic E-state index is 13.5. The van der Waals surface area contributed by atoms with Gasteiger partial charge in [0.25, 0.3) is 0 Å². The van der Waals surface area contributed by atoms with Gasteiger partial charge >= 0.3 is 0 Å². The number of aliphatic hydroxyl groups is 1. The van der Waals surface area contributed by atoms with Gasteiger partial charge in [-0.1, -0.05) is 24.1 Å². The summed E-state index contributed by atoms with van der Waals surface area (Å²) in [4.78, 5) is 0. The maximum absolute atomic E-state index is 13.5. The Kier molecular flexibility index (Phi) is 2.98. The van der Waals surface area contributed by atoms with Crippen LogP contribution in [0.2, 0.25) is 5.02 Å². The Morgan fingerprint density at radius 3 is 2.60 bits per heavy atom. The van der Waals surface area contributed by atoms with Crippen molar-refractivity contribution >= 4 is 11.6 Å². The summed E-state index contributed by atoms with van der Waals surface area (Å²) in [6.07, 6.45) is 3.60. The van der Waals surface area contributed by atoms with Crippen LogP contribution in [-0.2, 0) is 6.42 Å². The summed E-state index contributed by atoms with van der Waals surface area (Å²) in [7, 11) is 0. The molecule has 0 aromatic heterocycles. The van der Waals surface area contributed by atoms with E-state index in [-0.39, 0.29) is 17.8 Å². The second-order valence-electron chi connectivity index (χ2n) is 4.39. The first-order valence-corrected chi connectivity index (χ1v) is 5.58. The largest absolute Gasteiger partial charge is 0.396 e. The highest BCUT2D eigenvalue weighted by Crippen LogP contribution is 2.44. The third-order valence-corrected chi connectivity index (χ3v) is 3.72. The van der Waals surface area contributed by atoms with Gasteiger partial charge in [-0.15, -0.1) is 0 Å². The predicted molar refractivity (Wildman–Crippen MR) is 58.5 cm³/mol. The number of benzene rings is 1. The minimum absolute atomic E-state index is 0.119. The molecule has 3 heteroatoms. The predicted octanol–water partition coefficient (Wildman–Crippen LogP) is 3.18. The van der Waals surface area contributed by atoms with Gasteiger partial charge in [-0.2, -0.15) is 0 Å². The number of aliphatic hydroxyl groups excluding tert-OH is 1. The summed E-state index contributed by atoms with van der Waals surface area (Å²) in [5, 5.41) is 9.78. The van der Waals surface area contributed by atoms with E-state index in [0.29, 0.717) is 17.0 Å². The zero-order valence-corrected chi connectivity index (χ0v) is 9.23. The number of hydrogen-bond acceptors (Lipinski definition) is 1. The van der Waals surface area contributed by atoms with Crippen LogP contribution in [0.15, 0.2) is 18.2 Å². The maximum Gasteiger partial charge on any atom is 0.127 e. The molecule has 15 heavy (non-hydrogen) atoms. The van der Waals surface area contributed by atoms with Crippen molar-refractivity contribution in [1.29, 1.82) is 0 Å². The molecule has 2 rings (SSSR count). The summed E-state index contributed by atoms with van der Waals surface area (Å²) in [5.41, 5.74) is 0.430. The van der Waals surface area contributed by atoms with Gasteiger partial charge in [0, 0.05) is 17.2 Å². The summed E-state index contributed by atoms with van der Waals surface area (Å²) in [6, 6.07) is 4.72. The number of hydrogen-bond donors (Lipinski definition) is 1. The Morgan fingerprint density at radius 1 is 1.40 bits per heavy atom. The quantitative estimate of drug-likeness (QED) is 0.843. The van der Waals surface area contributed by atoms with Crippen LogP contribution in [0.1, 0.15) is 24.8 Å². The van der Waals surface area contributed by atoms with E-state index in [9.17, 15) is 9.50 Å². The Hall–Kier alpha value is -0.600. The zero-order chi connectivity index (χ0) is 10.9. The summed E-state index contributed by atoms with van der Waals surface area (Å²) in [6.45, 7) is 0.123. The standard InChI is InChI=1S/C12H14ClFO/c13-10-3-1-4-11(14)9(10)7-12(8-15)5-2-6-12/h1,3-4,15H,2,5-8H2. The van der Waals surface area contributed by atoms with Gasteiger partial charge in [0.15, 0.2) is 0 Å². The van der Waals surface area contributed by atoms with Crippen molar-refractivity contribution in [2.75, 3.05) is 6.61 Å². The Bertz CT molecular complexity index is 335. The molecule has 0 spiro atoms. The van der Waals surface area contributed by atoms with E-state index in [4.69, 9.17) is 11.6 Å². The highest BCUT2D eigenvalue weighted by Gasteiger charge is 2.37. The third-order valence-electron chi connectivity index (χ3n) is 3.36. The molecule has 0 aliphatic heterocycles. The van der Waals surface area contributed by atoms with Crippen LogP contribution in [0.25, 0.3) is 0 Å². The van der Waals surface area contributed by atoms with Crippen molar-refractivity contribution in [1.82, 2.24) is 0 Å². The summed E-state index contributed by atoms with van der Waals surface area (Å²) >= 11 is 5.95. The van der Waals surface area contributed by atoms with Crippen LogP contribution >= 0.6 is 11.6 Å². The van der Waals surface area contributed by atoms with Gasteiger partial charge in [0.05, 0.1) is 0 Å². The van der Waals surface area contributed by atoms with Crippen LogP contribution < -0.4 is 0 Å². The van der Waals surface area contributed by atoms with E-state index in [0.717, 1.165) is 19.3 Å². The molecule has 1 N–H and O–H groups in total. The normalized spacial score (nSPS) is 18.6. The molecular formula is C12H14ClFO. The van der Waals surface area contributed by atoms with E-state index < -0.39 is 0 Å². The lowest BCUT2D eigenvalue weighted by atomic mass is 9.66. The summed E-state index contributed by atoms with van der Waals surface area (Å²) in [5.74, 6) is -0.262. The molecule has 0 unspecified atom stereocenters. The molecule has 1 aliphatic rings. The first-order valence-electron chi connectivity index (χ1n) is 5.21. The molecule has 0 saturated heterocycles. The lowest BCUT2D eigenvalue weighted by Gasteiger charge is -2.40. The number of rotatable bonds is 3. The van der Waals surface area contributed by atoms with Crippen molar-refractivity contribution in [3.8, 4) is 0 Å². The topological polar surface area (TPSA) is 20.2 Å². The van der Waals surface area contributed by atoms with Gasteiger partial charge in [-0.3, -0.25) is 0 Å². The summed E-state index contributed by atoms with van der Waals surface area (Å²) < 4.78 is 13.5. The lowest BCUT2D eigenvalue weighted by molar-refractivity contribution is 0.0443. The van der Waals surface area contributed by atoms with Crippen LogP contribution in [0, 0.1) is 11.2 Å². The molecule has 1 aliphatic carbocycles. The second-order valence-corrected chi connectivity index (χ2v) is 4.80. The zero-order valence-electron chi connectivity index (χ0n) is 8.47. The molecule has 0 atom stereocenters. The second kappa shape index (κ2) is 4.11. The fourth-order valence-electron chi connectivity index (χ4n) is 2.14. The SMILES string of the molecule is OCC1(Cc2c(F)cccc2Cl)CCC1. The molecule has 82 valence electrons.